The quantitative estimate of drug-likeness (QED) is 0.319. The molecule has 0 bridgehead atoms. The van der Waals surface area contributed by atoms with Gasteiger partial charge in [0.25, 0.3) is 5.91 Å². The first kappa shape index (κ1) is 24.7. The van der Waals surface area contributed by atoms with Crippen molar-refractivity contribution in [2.75, 3.05) is 18.4 Å². The number of anilines is 2. The molecule has 2 N–H and O–H groups in total. The third-order valence-electron chi connectivity index (χ3n) is 6.74. The second-order valence-corrected chi connectivity index (χ2v) is 9.12. The molecule has 1 saturated heterocycles. The monoisotopic (exact) mass is 509 g/mol. The van der Waals surface area contributed by atoms with Crippen LogP contribution in [-0.2, 0) is 11.8 Å². The minimum Gasteiger partial charge on any atom is -0.385 e. The van der Waals surface area contributed by atoms with Gasteiger partial charge in [-0.3, -0.25) is 9.78 Å². The van der Waals surface area contributed by atoms with Crippen LogP contribution in [0.3, 0.4) is 0 Å². The summed E-state index contributed by atoms with van der Waals surface area (Å²) in [6.07, 6.45) is -2.33. The number of alkyl halides is 3. The summed E-state index contributed by atoms with van der Waals surface area (Å²) in [5.74, 6) is -0.535. The molecule has 0 unspecified atom stereocenters. The number of rotatable bonds is 4. The van der Waals surface area contributed by atoms with Crippen LogP contribution in [0.2, 0.25) is 0 Å². The standard InChI is InChI=1S/C28H23F4N3O2/c29-21-6-3-19(4-7-21)27(37)12-15-35(16-13-27)26(36)18-1-8-22(9-2-18)34-24-11-14-33-25-17-20(28(30,31)32)5-10-23(24)25/h1-11,14,17,37H,12-13,15-16H2,(H,33,34). The summed E-state index contributed by atoms with van der Waals surface area (Å²) in [5.41, 5.74) is 0.717. The highest BCUT2D eigenvalue weighted by molar-refractivity contribution is 5.96. The number of hydrogen-bond acceptors (Lipinski definition) is 4. The first-order valence-electron chi connectivity index (χ1n) is 11.7. The Labute approximate surface area is 210 Å². The predicted octanol–water partition coefficient (Wildman–Crippen LogP) is 6.26. The lowest BCUT2D eigenvalue weighted by Crippen LogP contribution is -2.45. The van der Waals surface area contributed by atoms with Crippen LogP contribution in [0, 0.1) is 5.82 Å². The Kier molecular flexibility index (Phi) is 6.33. The Morgan fingerprint density at radius 2 is 1.62 bits per heavy atom. The average molecular weight is 510 g/mol. The lowest BCUT2D eigenvalue weighted by atomic mass is 9.84. The zero-order chi connectivity index (χ0) is 26.2. The zero-order valence-corrected chi connectivity index (χ0v) is 19.6. The van der Waals surface area contributed by atoms with E-state index in [9.17, 15) is 27.5 Å². The Hall–Kier alpha value is -3.98. The second-order valence-electron chi connectivity index (χ2n) is 9.12. The van der Waals surface area contributed by atoms with E-state index in [0.29, 0.717) is 53.8 Å². The topological polar surface area (TPSA) is 65.5 Å². The fourth-order valence-corrected chi connectivity index (χ4v) is 4.60. The van der Waals surface area contributed by atoms with E-state index in [-0.39, 0.29) is 17.2 Å². The Balaban J connectivity index is 1.26. The average Bonchev–Trinajstić information content (AvgIpc) is 2.89. The van der Waals surface area contributed by atoms with E-state index in [4.69, 9.17) is 0 Å². The van der Waals surface area contributed by atoms with Gasteiger partial charge in [-0.2, -0.15) is 13.2 Å². The van der Waals surface area contributed by atoms with Crippen LogP contribution in [-0.4, -0.2) is 34.0 Å². The number of benzene rings is 3. The van der Waals surface area contributed by atoms with Crippen molar-refractivity contribution in [3.8, 4) is 0 Å². The van der Waals surface area contributed by atoms with Crippen LogP contribution in [0.4, 0.5) is 28.9 Å². The molecule has 9 heteroatoms. The Bertz CT molecular complexity index is 1430. The summed E-state index contributed by atoms with van der Waals surface area (Å²) in [7, 11) is 0. The molecular formula is C28H23F4N3O2. The maximum atomic E-state index is 13.2. The summed E-state index contributed by atoms with van der Waals surface area (Å²) in [5, 5.41) is 14.7. The van der Waals surface area contributed by atoms with Crippen LogP contribution in [0.5, 0.6) is 0 Å². The van der Waals surface area contributed by atoms with Crippen molar-refractivity contribution in [3.05, 3.63) is 102 Å². The van der Waals surface area contributed by atoms with E-state index < -0.39 is 17.3 Å². The van der Waals surface area contributed by atoms with Gasteiger partial charge in [-0.05, 0) is 73.0 Å². The smallest absolute Gasteiger partial charge is 0.385 e. The highest BCUT2D eigenvalue weighted by atomic mass is 19.4. The number of nitrogens with one attached hydrogen (secondary N) is 1. The first-order valence-corrected chi connectivity index (χ1v) is 11.7. The van der Waals surface area contributed by atoms with E-state index in [2.05, 4.69) is 10.3 Å². The van der Waals surface area contributed by atoms with Crippen molar-refractivity contribution in [1.29, 1.82) is 0 Å². The maximum absolute atomic E-state index is 13.2. The molecule has 1 aromatic heterocycles. The van der Waals surface area contributed by atoms with Gasteiger partial charge in [0, 0.05) is 41.6 Å². The molecule has 1 aliphatic heterocycles. The largest absolute Gasteiger partial charge is 0.416 e. The van der Waals surface area contributed by atoms with Crippen molar-refractivity contribution >= 4 is 28.2 Å². The van der Waals surface area contributed by atoms with Crippen molar-refractivity contribution in [3.63, 3.8) is 0 Å². The maximum Gasteiger partial charge on any atom is 0.416 e. The molecule has 37 heavy (non-hydrogen) atoms. The molecule has 3 aromatic carbocycles. The van der Waals surface area contributed by atoms with Gasteiger partial charge in [-0.25, -0.2) is 4.39 Å². The number of aliphatic hydroxyl groups is 1. The lowest BCUT2D eigenvalue weighted by Gasteiger charge is -2.38. The molecule has 190 valence electrons. The number of likely N-dealkylation sites (tertiary alicyclic amines) is 1. The van der Waals surface area contributed by atoms with E-state index >= 15 is 0 Å². The molecular weight excluding hydrogens is 486 g/mol. The van der Waals surface area contributed by atoms with Gasteiger partial charge in [0.15, 0.2) is 0 Å². The van der Waals surface area contributed by atoms with Gasteiger partial charge < -0.3 is 15.3 Å². The van der Waals surface area contributed by atoms with Crippen LogP contribution in [0.1, 0.15) is 34.3 Å². The second kappa shape index (κ2) is 9.48. The van der Waals surface area contributed by atoms with Crippen LogP contribution in [0.25, 0.3) is 10.9 Å². The molecule has 1 fully saturated rings. The molecule has 0 aliphatic carbocycles. The molecule has 0 spiro atoms. The highest BCUT2D eigenvalue weighted by Crippen LogP contribution is 2.35. The SMILES string of the molecule is O=C(c1ccc(Nc2ccnc3cc(C(F)(F)F)ccc23)cc1)N1CCC(O)(c2ccc(F)cc2)CC1. The number of aromatic nitrogens is 1. The molecule has 0 radical (unpaired) electrons. The van der Waals surface area contributed by atoms with Crippen molar-refractivity contribution in [2.24, 2.45) is 0 Å². The Morgan fingerprint density at radius 3 is 2.27 bits per heavy atom. The predicted molar refractivity (Wildman–Crippen MR) is 132 cm³/mol. The lowest BCUT2D eigenvalue weighted by molar-refractivity contribution is -0.137. The van der Waals surface area contributed by atoms with Crippen molar-refractivity contribution in [2.45, 2.75) is 24.6 Å². The number of nitrogens with zero attached hydrogens (tertiary/aromatic N) is 2. The number of amides is 1. The molecule has 0 atom stereocenters. The number of halogens is 4. The van der Waals surface area contributed by atoms with Crippen LogP contribution in [0.15, 0.2) is 79.0 Å². The fourth-order valence-electron chi connectivity index (χ4n) is 4.60. The molecule has 5 rings (SSSR count). The van der Waals surface area contributed by atoms with Gasteiger partial charge in [-0.1, -0.05) is 18.2 Å². The molecule has 0 saturated carbocycles. The van der Waals surface area contributed by atoms with Crippen molar-refractivity contribution in [1.82, 2.24) is 9.88 Å². The molecule has 4 aromatic rings. The number of carbonyl (C=O) groups excluding carboxylic acids is 1. The first-order chi connectivity index (χ1) is 17.6. The molecule has 1 aliphatic rings. The normalized spacial score (nSPS) is 15.5. The summed E-state index contributed by atoms with van der Waals surface area (Å²) in [4.78, 5) is 18.8. The van der Waals surface area contributed by atoms with Gasteiger partial charge in [0.2, 0.25) is 0 Å². The number of pyridine rings is 1. The van der Waals surface area contributed by atoms with E-state index in [1.165, 1.54) is 24.4 Å². The summed E-state index contributed by atoms with van der Waals surface area (Å²) < 4.78 is 52.3. The number of piperidine rings is 1. The van der Waals surface area contributed by atoms with E-state index in [0.717, 1.165) is 12.1 Å². The van der Waals surface area contributed by atoms with E-state index in [1.54, 1.807) is 47.4 Å². The summed E-state index contributed by atoms with van der Waals surface area (Å²) in [6, 6.07) is 17.7. The van der Waals surface area contributed by atoms with Gasteiger partial charge >= 0.3 is 6.18 Å². The minimum atomic E-state index is -4.45. The van der Waals surface area contributed by atoms with Crippen molar-refractivity contribution < 1.29 is 27.5 Å². The fraction of sp³-hybridized carbons (Fsp3) is 0.214. The highest BCUT2D eigenvalue weighted by Gasteiger charge is 2.35. The van der Waals surface area contributed by atoms with Crippen LogP contribution >= 0.6 is 0 Å². The third kappa shape index (κ3) is 5.13. The zero-order valence-electron chi connectivity index (χ0n) is 19.6. The minimum absolute atomic E-state index is 0.165. The van der Waals surface area contributed by atoms with E-state index in [1.807, 2.05) is 0 Å². The number of hydrogen-bond donors (Lipinski definition) is 2. The third-order valence-corrected chi connectivity index (χ3v) is 6.74. The van der Waals surface area contributed by atoms with Gasteiger partial charge in [0.05, 0.1) is 16.7 Å². The number of carbonyl (C=O) groups is 1. The molecule has 2 heterocycles. The molecule has 5 nitrogen and oxygen atoms in total. The summed E-state index contributed by atoms with van der Waals surface area (Å²) in [6.45, 7) is 0.714. The number of fused-ring (bicyclic) bond motifs is 1. The van der Waals surface area contributed by atoms with Gasteiger partial charge in [-0.15, -0.1) is 0 Å². The Morgan fingerprint density at radius 1 is 0.946 bits per heavy atom. The van der Waals surface area contributed by atoms with Gasteiger partial charge in [0.1, 0.15) is 5.82 Å². The summed E-state index contributed by atoms with van der Waals surface area (Å²) >= 11 is 0. The van der Waals surface area contributed by atoms with Crippen LogP contribution < -0.4 is 5.32 Å². The molecule has 1 amide bonds.